The lowest BCUT2D eigenvalue weighted by Gasteiger charge is -2.32. The van der Waals surface area contributed by atoms with Gasteiger partial charge in [-0.15, -0.1) is 12.4 Å². The van der Waals surface area contributed by atoms with Gasteiger partial charge >= 0.3 is 0 Å². The molecule has 0 aliphatic carbocycles. The number of likely N-dealkylation sites (N-methyl/N-ethyl adjacent to an activating group) is 1. The summed E-state index contributed by atoms with van der Waals surface area (Å²) in [5.41, 5.74) is 6.79. The maximum Gasteiger partial charge on any atom is 0.262 e. The zero-order chi connectivity index (χ0) is 19.6. The lowest BCUT2D eigenvalue weighted by molar-refractivity contribution is -0.135. The Morgan fingerprint density at radius 1 is 1.04 bits per heavy atom. The predicted octanol–water partition coefficient (Wildman–Crippen LogP) is 2.56. The number of hydrogen-bond acceptors (Lipinski definition) is 4. The summed E-state index contributed by atoms with van der Waals surface area (Å²) >= 11 is 0. The smallest absolute Gasteiger partial charge is 0.262 e. The van der Waals surface area contributed by atoms with E-state index < -0.39 is 17.9 Å². The molecule has 2 N–H and O–H groups in total. The quantitative estimate of drug-likeness (QED) is 0.719. The van der Waals surface area contributed by atoms with Gasteiger partial charge < -0.3 is 10.6 Å². The maximum atomic E-state index is 13.0. The number of nitrogens with zero attached hydrogens (tertiary/aromatic N) is 2. The monoisotopic (exact) mass is 395 g/mol. The molecule has 1 aromatic carbocycles. The first kappa shape index (κ1) is 23.1. The van der Waals surface area contributed by atoms with Crippen molar-refractivity contribution in [2.24, 2.45) is 17.6 Å². The van der Waals surface area contributed by atoms with Gasteiger partial charge in [0, 0.05) is 19.6 Å². The largest absolute Gasteiger partial charge is 0.344 e. The molecular weight excluding hydrogens is 366 g/mol. The number of amides is 3. The van der Waals surface area contributed by atoms with Crippen LogP contribution in [0, 0.1) is 11.8 Å². The van der Waals surface area contributed by atoms with Crippen molar-refractivity contribution in [3.63, 3.8) is 0 Å². The molecule has 2 unspecified atom stereocenters. The van der Waals surface area contributed by atoms with Crippen LogP contribution in [0.2, 0.25) is 0 Å². The molecule has 0 bridgehead atoms. The number of carbonyl (C=O) groups is 3. The minimum absolute atomic E-state index is 0. The summed E-state index contributed by atoms with van der Waals surface area (Å²) in [5, 5.41) is 0. The van der Waals surface area contributed by atoms with Gasteiger partial charge in [-0.3, -0.25) is 19.3 Å². The number of halogens is 1. The van der Waals surface area contributed by atoms with Gasteiger partial charge in [-0.1, -0.05) is 39.8 Å². The zero-order valence-electron chi connectivity index (χ0n) is 16.6. The number of fused-ring (bicyclic) bond motifs is 1. The van der Waals surface area contributed by atoms with Crippen LogP contribution in [0.5, 0.6) is 0 Å². The van der Waals surface area contributed by atoms with E-state index in [4.69, 9.17) is 5.73 Å². The number of carbonyl (C=O) groups excluding carboxylic acids is 3. The SMILES string of the molecule is CC(C)C(N)CCN(C)C(=O)C(C(C)C)N1C(=O)c2ccccc2C1=O.Cl. The highest BCUT2D eigenvalue weighted by Crippen LogP contribution is 2.28. The van der Waals surface area contributed by atoms with Crippen LogP contribution in [0.15, 0.2) is 24.3 Å². The van der Waals surface area contributed by atoms with Gasteiger partial charge in [-0.05, 0) is 30.4 Å². The van der Waals surface area contributed by atoms with E-state index in [1.54, 1.807) is 36.2 Å². The maximum absolute atomic E-state index is 13.0. The lowest BCUT2D eigenvalue weighted by atomic mass is 9.99. The van der Waals surface area contributed by atoms with Gasteiger partial charge in [0.15, 0.2) is 0 Å². The van der Waals surface area contributed by atoms with Crippen molar-refractivity contribution in [2.45, 2.75) is 46.2 Å². The second kappa shape index (κ2) is 9.33. The van der Waals surface area contributed by atoms with Gasteiger partial charge in [-0.2, -0.15) is 0 Å². The Morgan fingerprint density at radius 3 is 1.93 bits per heavy atom. The third-order valence-electron chi connectivity index (χ3n) is 5.02. The summed E-state index contributed by atoms with van der Waals surface area (Å²) in [5.74, 6) is -0.887. The van der Waals surface area contributed by atoms with Crippen LogP contribution >= 0.6 is 12.4 Å². The first-order valence-electron chi connectivity index (χ1n) is 9.14. The topological polar surface area (TPSA) is 83.7 Å². The van der Waals surface area contributed by atoms with Gasteiger partial charge in [-0.25, -0.2) is 0 Å². The van der Waals surface area contributed by atoms with Crippen LogP contribution in [0.4, 0.5) is 0 Å². The zero-order valence-corrected chi connectivity index (χ0v) is 17.5. The van der Waals surface area contributed by atoms with Crippen LogP contribution in [0.25, 0.3) is 0 Å². The Labute approximate surface area is 167 Å². The molecule has 2 rings (SSSR count). The molecule has 0 spiro atoms. The first-order valence-corrected chi connectivity index (χ1v) is 9.14. The van der Waals surface area contributed by atoms with E-state index >= 15 is 0 Å². The molecule has 0 aromatic heterocycles. The van der Waals surface area contributed by atoms with E-state index in [-0.39, 0.29) is 30.3 Å². The van der Waals surface area contributed by atoms with Crippen LogP contribution < -0.4 is 5.73 Å². The fraction of sp³-hybridized carbons (Fsp3) is 0.550. The van der Waals surface area contributed by atoms with E-state index in [2.05, 4.69) is 0 Å². The number of imide groups is 1. The number of rotatable bonds is 7. The van der Waals surface area contributed by atoms with Crippen molar-refractivity contribution in [1.82, 2.24) is 9.80 Å². The van der Waals surface area contributed by atoms with E-state index in [1.165, 1.54) is 0 Å². The molecule has 1 heterocycles. The molecule has 0 radical (unpaired) electrons. The van der Waals surface area contributed by atoms with E-state index in [0.717, 1.165) is 4.90 Å². The Balaban J connectivity index is 0.00000364. The molecule has 0 saturated heterocycles. The minimum Gasteiger partial charge on any atom is -0.344 e. The molecule has 7 heteroatoms. The fourth-order valence-corrected chi connectivity index (χ4v) is 3.17. The summed E-state index contributed by atoms with van der Waals surface area (Å²) in [4.78, 5) is 41.2. The number of nitrogens with two attached hydrogens (primary N) is 1. The van der Waals surface area contributed by atoms with Crippen molar-refractivity contribution in [3.05, 3.63) is 35.4 Å². The van der Waals surface area contributed by atoms with Crippen molar-refractivity contribution in [1.29, 1.82) is 0 Å². The van der Waals surface area contributed by atoms with Crippen LogP contribution in [-0.4, -0.2) is 53.2 Å². The summed E-state index contributed by atoms with van der Waals surface area (Å²) in [6.07, 6.45) is 0.673. The molecule has 27 heavy (non-hydrogen) atoms. The highest BCUT2D eigenvalue weighted by Gasteiger charge is 2.44. The Kier molecular flexibility index (Phi) is 7.99. The third kappa shape index (κ3) is 4.68. The van der Waals surface area contributed by atoms with E-state index in [9.17, 15) is 14.4 Å². The number of benzene rings is 1. The molecule has 1 aromatic rings. The normalized spacial score (nSPS) is 15.6. The Bertz CT molecular complexity index is 670. The summed E-state index contributed by atoms with van der Waals surface area (Å²) in [7, 11) is 1.70. The average molecular weight is 396 g/mol. The summed E-state index contributed by atoms with van der Waals surface area (Å²) < 4.78 is 0. The highest BCUT2D eigenvalue weighted by molar-refractivity contribution is 6.22. The Morgan fingerprint density at radius 2 is 1.52 bits per heavy atom. The fourth-order valence-electron chi connectivity index (χ4n) is 3.17. The molecule has 0 fully saturated rings. The van der Waals surface area contributed by atoms with Crippen LogP contribution in [0.1, 0.15) is 54.8 Å². The Hall–Kier alpha value is -1.92. The summed E-state index contributed by atoms with van der Waals surface area (Å²) in [6, 6.07) is 5.88. The molecule has 2 atom stereocenters. The molecular formula is C20H30ClN3O3. The first-order chi connectivity index (χ1) is 12.2. The third-order valence-corrected chi connectivity index (χ3v) is 5.02. The van der Waals surface area contributed by atoms with Crippen LogP contribution in [-0.2, 0) is 4.79 Å². The van der Waals surface area contributed by atoms with Crippen LogP contribution in [0.3, 0.4) is 0 Å². The van der Waals surface area contributed by atoms with Crippen molar-refractivity contribution in [2.75, 3.05) is 13.6 Å². The van der Waals surface area contributed by atoms with Crippen molar-refractivity contribution >= 4 is 30.1 Å². The average Bonchev–Trinajstić information content (AvgIpc) is 2.84. The van der Waals surface area contributed by atoms with Crippen molar-refractivity contribution in [3.8, 4) is 0 Å². The minimum atomic E-state index is -0.817. The summed E-state index contributed by atoms with van der Waals surface area (Å²) in [6.45, 7) is 8.27. The van der Waals surface area contributed by atoms with Gasteiger partial charge in [0.1, 0.15) is 6.04 Å². The predicted molar refractivity (Wildman–Crippen MR) is 108 cm³/mol. The van der Waals surface area contributed by atoms with Gasteiger partial charge in [0.25, 0.3) is 11.8 Å². The van der Waals surface area contributed by atoms with Gasteiger partial charge in [0.05, 0.1) is 11.1 Å². The molecule has 150 valence electrons. The van der Waals surface area contributed by atoms with Gasteiger partial charge in [0.2, 0.25) is 5.91 Å². The molecule has 3 amide bonds. The molecule has 1 aliphatic heterocycles. The van der Waals surface area contributed by atoms with Crippen molar-refractivity contribution < 1.29 is 14.4 Å². The molecule has 6 nitrogen and oxygen atoms in total. The molecule has 1 aliphatic rings. The van der Waals surface area contributed by atoms with E-state index in [1.807, 2.05) is 27.7 Å². The second-order valence-electron chi connectivity index (χ2n) is 7.67. The second-order valence-corrected chi connectivity index (χ2v) is 7.67. The molecule has 0 saturated carbocycles. The lowest BCUT2D eigenvalue weighted by Crippen LogP contribution is -2.53. The van der Waals surface area contributed by atoms with E-state index in [0.29, 0.717) is 30.0 Å². The number of hydrogen-bond donors (Lipinski definition) is 1. The highest BCUT2D eigenvalue weighted by atomic mass is 35.5. The standard InChI is InChI=1S/C20H29N3O3.ClH/c1-12(2)16(21)10-11-22(5)20(26)17(13(3)4)23-18(24)14-8-6-7-9-15(14)19(23)25;/h6-9,12-13,16-17H,10-11,21H2,1-5H3;1H.